The normalized spacial score (nSPS) is 22.2. The van der Waals surface area contributed by atoms with E-state index in [0.29, 0.717) is 23.0 Å². The van der Waals surface area contributed by atoms with Crippen LogP contribution >= 0.6 is 0 Å². The maximum atomic E-state index is 15.2. The number of hydrogen-bond donors (Lipinski definition) is 5. The number of aromatic carboxylic acids is 1. The number of nitrogens with one attached hydrogen (secondary N) is 4. The molecule has 1 aliphatic heterocycles. The number of rotatable bonds is 21. The average molecular weight is 1200 g/mol. The van der Waals surface area contributed by atoms with E-state index in [1.54, 1.807) is 74.5 Å². The van der Waals surface area contributed by atoms with E-state index in [-0.39, 0.29) is 125 Å². The molecule has 21 heteroatoms. The average Bonchev–Trinajstić information content (AvgIpc) is 3.69. The molecule has 2 saturated carbocycles. The van der Waals surface area contributed by atoms with Crippen molar-refractivity contribution in [2.24, 2.45) is 52.3 Å². The number of anilines is 1. The Morgan fingerprint density at radius 1 is 0.726 bits per heavy atom. The summed E-state index contributed by atoms with van der Waals surface area (Å²) in [6.45, 7) is 20.4. The van der Waals surface area contributed by atoms with E-state index in [4.69, 9.17) is 29.1 Å². The first-order valence-electron chi connectivity index (χ1n) is 27.9. The van der Waals surface area contributed by atoms with Crippen LogP contribution in [0, 0.1) is 47.3 Å². The summed E-state index contributed by atoms with van der Waals surface area (Å²) >= 11 is 0. The summed E-state index contributed by atoms with van der Waals surface area (Å²) in [5.74, 6) is -7.77. The summed E-state index contributed by atoms with van der Waals surface area (Å²) < 4.78 is 17.9. The molecule has 2 heterocycles. The van der Waals surface area contributed by atoms with Gasteiger partial charge < -0.3 is 50.5 Å². The number of benzene rings is 3. The Kier molecular flexibility index (Phi) is 22.5. The maximum absolute atomic E-state index is 15.2. The van der Waals surface area contributed by atoms with Gasteiger partial charge in [-0.05, 0) is 108 Å². The molecular formula is C63H73N6O14Zn-. The number of hydrogen-bond acceptors (Lipinski definition) is 14. The molecule has 1 aromatic heterocycles. The number of carbonyl (C=O) groups excluding carboxylic acids is 7. The van der Waals surface area contributed by atoms with Gasteiger partial charge in [-0.3, -0.25) is 24.0 Å². The summed E-state index contributed by atoms with van der Waals surface area (Å²) in [6, 6.07) is 19.7. The van der Waals surface area contributed by atoms with E-state index in [2.05, 4.69) is 46.6 Å². The van der Waals surface area contributed by atoms with Gasteiger partial charge in [-0.25, -0.2) is 19.4 Å². The fourth-order valence-corrected chi connectivity index (χ4v) is 11.5. The minimum absolute atomic E-state index is 0. The molecule has 0 spiro atoms. The molecule has 20 nitrogen and oxygen atoms in total. The smallest absolute Gasteiger partial charge is 0.342 e. The number of allylic oxidation sites excluding steroid dienone is 1. The predicted molar refractivity (Wildman–Crippen MR) is 309 cm³/mol. The van der Waals surface area contributed by atoms with Gasteiger partial charge in [-0.1, -0.05) is 123 Å². The number of amides is 4. The Hall–Kier alpha value is -8.03. The number of ether oxygens (including phenoxy) is 3. The second kappa shape index (κ2) is 29.0. The van der Waals surface area contributed by atoms with Gasteiger partial charge in [0.05, 0.1) is 35.4 Å². The molecular weight excluding hydrogens is 1130 g/mol. The molecule has 84 heavy (non-hydrogen) atoms. The van der Waals surface area contributed by atoms with Gasteiger partial charge in [0.2, 0.25) is 17.6 Å². The molecule has 0 saturated heterocycles. The van der Waals surface area contributed by atoms with E-state index in [0.717, 1.165) is 44.9 Å². The van der Waals surface area contributed by atoms with Crippen molar-refractivity contribution in [1.29, 1.82) is 0 Å². The van der Waals surface area contributed by atoms with Crippen molar-refractivity contribution in [1.82, 2.24) is 20.9 Å². The molecule has 3 aromatic carbocycles. The van der Waals surface area contributed by atoms with Crippen LogP contribution in [-0.4, -0.2) is 91.4 Å². The first-order chi connectivity index (χ1) is 39.5. The van der Waals surface area contributed by atoms with Crippen LogP contribution in [0.5, 0.6) is 11.5 Å². The van der Waals surface area contributed by atoms with Crippen LogP contribution in [0.2, 0.25) is 0 Å². The van der Waals surface area contributed by atoms with Gasteiger partial charge in [0.15, 0.2) is 5.75 Å². The second-order valence-corrected chi connectivity index (χ2v) is 22.5. The third-order valence-corrected chi connectivity index (χ3v) is 15.4. The largest absolute Gasteiger partial charge is 0.478 e. The zero-order chi connectivity index (χ0) is 60.4. The minimum Gasteiger partial charge on any atom is -0.478 e. The Labute approximate surface area is 501 Å². The summed E-state index contributed by atoms with van der Waals surface area (Å²) in [6.07, 6.45) is 3.85. The fraction of sp³-hybridized carbons (Fsp3) is 0.413. The summed E-state index contributed by atoms with van der Waals surface area (Å²) in [4.78, 5) is 128. The molecule has 442 valence electrons. The number of amidine groups is 1. The van der Waals surface area contributed by atoms with Crippen molar-refractivity contribution >= 4 is 71.3 Å². The molecule has 6 unspecified atom stereocenters. The van der Waals surface area contributed by atoms with E-state index in [9.17, 15) is 33.9 Å². The van der Waals surface area contributed by atoms with Gasteiger partial charge in [-0.2, -0.15) is 4.89 Å². The standard InChI is InChI=1S/C63H74N6O14.Zn/c1-32(2)57(71)64-29-39(9)58(72)68-55-51(62(77)81-53-35(5)22-33(3)23-36(53)6)49(41-18-14-12-15-19-41)45(66-55)28-46-50(42-20-16-13-17-21-42)52(63(78)82-54-37(7)24-34(4)25-38(54)8)56(67-46)69-59(73)40(10)30-65-60(74)43-26-47(80-31-70)48(83-79-11)27-44(43)61(75)76;/h12-21,26-28,31,33-40,53-54H,1,22-25,29-30H2,2-11H3,(H6,64,65,66,67,68,69,71,72,73,74,75,76,77,78);/p-1. The zero-order valence-electron chi connectivity index (χ0n) is 49.2. The minimum atomic E-state index is -1.52. The van der Waals surface area contributed by atoms with Crippen LogP contribution in [-0.2, 0) is 57.8 Å². The van der Waals surface area contributed by atoms with Gasteiger partial charge in [0.1, 0.15) is 29.5 Å². The van der Waals surface area contributed by atoms with E-state index in [1.807, 2.05) is 33.8 Å². The van der Waals surface area contributed by atoms with E-state index in [1.165, 1.54) is 6.92 Å². The summed E-state index contributed by atoms with van der Waals surface area (Å²) in [7, 11) is 1.14. The molecule has 6 atom stereocenters. The third kappa shape index (κ3) is 15.4. The van der Waals surface area contributed by atoms with Crippen molar-refractivity contribution in [3.63, 3.8) is 0 Å². The van der Waals surface area contributed by atoms with Gasteiger partial charge in [0, 0.05) is 55.7 Å². The monoisotopic (exact) mass is 1200 g/mol. The summed E-state index contributed by atoms with van der Waals surface area (Å²) in [5, 5.41) is 21.0. The quantitative estimate of drug-likeness (QED) is 0.0130. The SMILES string of the molecule is C=C(C)C(=O)NCC(C)C(=O)NC1=N/C(=C\c2[n-]c(NC(=O)C(C)CNC(=O)c3cc(OC=O)c(OOC)cc3C(=O)O)c(C(=O)OC3C(C)CC(C)CC3C)c2-c2ccccc2)C(c2ccccc2)=C1C(=O)OC1C(C)CC(C)CC1C.[Zn]. The van der Waals surface area contributed by atoms with Crippen LogP contribution in [0.4, 0.5) is 5.82 Å². The Morgan fingerprint density at radius 3 is 1.76 bits per heavy atom. The van der Waals surface area contributed by atoms with Gasteiger partial charge in [0.25, 0.3) is 12.4 Å². The number of aromatic nitrogens is 1. The van der Waals surface area contributed by atoms with Crippen molar-refractivity contribution in [3.8, 4) is 22.6 Å². The second-order valence-electron chi connectivity index (χ2n) is 22.5. The van der Waals surface area contributed by atoms with Gasteiger partial charge in [-0.15, -0.1) is 0 Å². The fourth-order valence-electron chi connectivity index (χ4n) is 11.5. The van der Waals surface area contributed by atoms with Crippen LogP contribution in [0.3, 0.4) is 0 Å². The van der Waals surface area contributed by atoms with Crippen LogP contribution in [0.15, 0.2) is 101 Å². The molecule has 0 bridgehead atoms. The number of carbonyl (C=O) groups is 8. The number of carboxylic acid groups (broad SMARTS) is 1. The summed E-state index contributed by atoms with van der Waals surface area (Å²) in [5.41, 5.74) is 0.937. The van der Waals surface area contributed by atoms with Crippen molar-refractivity contribution in [3.05, 3.63) is 124 Å². The van der Waals surface area contributed by atoms with Crippen molar-refractivity contribution in [2.75, 3.05) is 25.5 Å². The molecule has 4 amide bonds. The van der Waals surface area contributed by atoms with Crippen LogP contribution in [0.1, 0.15) is 130 Å². The molecule has 0 radical (unpaired) electrons. The molecule has 2 fully saturated rings. The van der Waals surface area contributed by atoms with Crippen molar-refractivity contribution in [2.45, 2.75) is 100 Å². The Balaban J connectivity index is 0.0000113. The number of aliphatic imine (C=N–C) groups is 1. The molecule has 2 aliphatic carbocycles. The third-order valence-electron chi connectivity index (χ3n) is 15.4. The maximum Gasteiger partial charge on any atom is 0.342 e. The van der Waals surface area contributed by atoms with Crippen LogP contribution in [0.25, 0.3) is 22.8 Å². The van der Waals surface area contributed by atoms with Crippen molar-refractivity contribution < 1.29 is 86.9 Å². The molecule has 3 aliphatic rings. The molecule has 5 N–H and O–H groups in total. The zero-order valence-corrected chi connectivity index (χ0v) is 52.1. The number of carboxylic acids is 1. The predicted octanol–water partition coefficient (Wildman–Crippen LogP) is 8.98. The molecule has 7 rings (SSSR count). The Bertz CT molecular complexity index is 3220. The topological polar surface area (TPSA) is 278 Å². The first kappa shape index (κ1) is 65.1. The van der Waals surface area contributed by atoms with Gasteiger partial charge >= 0.3 is 17.9 Å². The number of esters is 2. The first-order valence-corrected chi connectivity index (χ1v) is 27.9. The molecule has 4 aromatic rings. The van der Waals surface area contributed by atoms with E-state index >= 15 is 9.59 Å². The number of nitrogens with zero attached hydrogens (tertiary/aromatic N) is 2. The van der Waals surface area contributed by atoms with Crippen LogP contribution < -0.4 is 35.9 Å². The Morgan fingerprint density at radius 2 is 1.24 bits per heavy atom. The van der Waals surface area contributed by atoms with E-state index < -0.39 is 76.7 Å².